The summed E-state index contributed by atoms with van der Waals surface area (Å²) in [6.45, 7) is 0.168. The van der Waals surface area contributed by atoms with Crippen molar-refractivity contribution in [2.24, 2.45) is 7.05 Å². The molecule has 1 atom stereocenters. The zero-order chi connectivity index (χ0) is 16.4. The van der Waals surface area contributed by atoms with Crippen LogP contribution in [0.25, 0.3) is 0 Å². The molecular weight excluding hydrogens is 339 g/mol. The molecule has 9 heteroatoms. The number of nitrogens with zero attached hydrogens (tertiary/aromatic N) is 6. The Morgan fingerprint density at radius 1 is 1.22 bits per heavy atom. The summed E-state index contributed by atoms with van der Waals surface area (Å²) >= 11 is 12.3. The Bertz CT molecular complexity index is 803. The third-order valence-corrected chi connectivity index (χ3v) is 4.13. The van der Waals surface area contributed by atoms with E-state index in [1.165, 1.54) is 19.0 Å². The predicted octanol–water partition coefficient (Wildman–Crippen LogP) is 1.84. The van der Waals surface area contributed by atoms with Crippen LogP contribution in [0.2, 0.25) is 10.0 Å². The van der Waals surface area contributed by atoms with Gasteiger partial charge in [-0.1, -0.05) is 29.3 Å². The van der Waals surface area contributed by atoms with Gasteiger partial charge in [0.25, 0.3) is 0 Å². The smallest absolute Gasteiger partial charge is 0.138 e. The fourth-order valence-corrected chi connectivity index (χ4v) is 3.01. The molecule has 0 amide bonds. The zero-order valence-corrected chi connectivity index (χ0v) is 13.8. The standard InChI is InChI=1S/C14H14Cl2N6O/c1-21-13(18-8-19-21)5-14(23,6-22-9-17-7-20-22)11-3-2-10(15)4-12(11)16/h2-4,7-9,23H,5-6H2,1H3. The monoisotopic (exact) mass is 352 g/mol. The van der Waals surface area contributed by atoms with Crippen LogP contribution in [-0.2, 0) is 25.6 Å². The van der Waals surface area contributed by atoms with E-state index in [2.05, 4.69) is 20.2 Å². The number of rotatable bonds is 5. The summed E-state index contributed by atoms with van der Waals surface area (Å²) in [7, 11) is 1.77. The second-order valence-corrected chi connectivity index (χ2v) is 6.07. The molecule has 0 fully saturated rings. The van der Waals surface area contributed by atoms with E-state index in [0.29, 0.717) is 21.4 Å². The SMILES string of the molecule is Cn1ncnc1CC(O)(Cn1cncn1)c1ccc(Cl)cc1Cl. The molecule has 0 radical (unpaired) electrons. The lowest BCUT2D eigenvalue weighted by Crippen LogP contribution is -2.35. The van der Waals surface area contributed by atoms with E-state index in [-0.39, 0.29) is 13.0 Å². The van der Waals surface area contributed by atoms with E-state index < -0.39 is 5.60 Å². The van der Waals surface area contributed by atoms with Gasteiger partial charge in [0, 0.05) is 29.1 Å². The fraction of sp³-hybridized carbons (Fsp3) is 0.286. The van der Waals surface area contributed by atoms with E-state index in [1.807, 2.05) is 0 Å². The number of halogens is 2. The van der Waals surface area contributed by atoms with Crippen molar-refractivity contribution in [3.05, 3.63) is 58.6 Å². The Kier molecular flexibility index (Phi) is 4.34. The minimum absolute atomic E-state index is 0.168. The van der Waals surface area contributed by atoms with E-state index in [0.717, 1.165) is 0 Å². The zero-order valence-electron chi connectivity index (χ0n) is 12.3. The van der Waals surface area contributed by atoms with Crippen molar-refractivity contribution in [2.45, 2.75) is 18.6 Å². The molecule has 0 saturated heterocycles. The Morgan fingerprint density at radius 3 is 2.65 bits per heavy atom. The van der Waals surface area contributed by atoms with Crippen molar-refractivity contribution in [2.75, 3.05) is 0 Å². The van der Waals surface area contributed by atoms with E-state index in [4.69, 9.17) is 23.2 Å². The number of aromatic nitrogens is 6. The van der Waals surface area contributed by atoms with Crippen LogP contribution in [0.15, 0.2) is 37.2 Å². The molecule has 0 aliphatic rings. The van der Waals surface area contributed by atoms with Gasteiger partial charge < -0.3 is 5.11 Å². The summed E-state index contributed by atoms with van der Waals surface area (Å²) < 4.78 is 3.15. The fourth-order valence-electron chi connectivity index (χ4n) is 2.43. The molecule has 120 valence electrons. The normalized spacial score (nSPS) is 13.9. The lowest BCUT2D eigenvalue weighted by Gasteiger charge is -2.29. The van der Waals surface area contributed by atoms with Gasteiger partial charge in [0.15, 0.2) is 0 Å². The maximum absolute atomic E-state index is 11.3. The van der Waals surface area contributed by atoms with Gasteiger partial charge in [0.2, 0.25) is 0 Å². The summed E-state index contributed by atoms with van der Waals surface area (Å²) in [6.07, 6.45) is 4.59. The lowest BCUT2D eigenvalue weighted by molar-refractivity contribution is 0.0125. The molecule has 23 heavy (non-hydrogen) atoms. The summed E-state index contributed by atoms with van der Waals surface area (Å²) in [5, 5.41) is 20.3. The third kappa shape index (κ3) is 3.36. The van der Waals surface area contributed by atoms with Crippen LogP contribution < -0.4 is 0 Å². The largest absolute Gasteiger partial charge is 0.383 e. The van der Waals surface area contributed by atoms with Gasteiger partial charge in [-0.15, -0.1) is 0 Å². The average molecular weight is 353 g/mol. The topological polar surface area (TPSA) is 81.6 Å². The molecule has 3 aromatic rings. The summed E-state index contributed by atoms with van der Waals surface area (Å²) in [5.74, 6) is 0.624. The molecule has 1 aromatic carbocycles. The van der Waals surface area contributed by atoms with Crippen molar-refractivity contribution in [1.82, 2.24) is 29.5 Å². The van der Waals surface area contributed by atoms with Crippen molar-refractivity contribution in [3.8, 4) is 0 Å². The van der Waals surface area contributed by atoms with Gasteiger partial charge in [0.05, 0.1) is 6.54 Å². The highest BCUT2D eigenvalue weighted by molar-refractivity contribution is 6.35. The van der Waals surface area contributed by atoms with Crippen LogP contribution in [0, 0.1) is 0 Å². The van der Waals surface area contributed by atoms with Crippen molar-refractivity contribution in [3.63, 3.8) is 0 Å². The molecule has 2 heterocycles. The minimum atomic E-state index is -1.34. The first kappa shape index (κ1) is 15.9. The van der Waals surface area contributed by atoms with Crippen molar-refractivity contribution >= 4 is 23.2 Å². The van der Waals surface area contributed by atoms with Gasteiger partial charge in [-0.2, -0.15) is 10.2 Å². The highest BCUT2D eigenvalue weighted by Gasteiger charge is 2.34. The summed E-state index contributed by atoms with van der Waals surface area (Å²) in [4.78, 5) is 8.08. The number of aryl methyl sites for hydroxylation is 1. The maximum atomic E-state index is 11.3. The average Bonchev–Trinajstić information content (AvgIpc) is 3.11. The van der Waals surface area contributed by atoms with E-state index >= 15 is 0 Å². The Balaban J connectivity index is 2.03. The van der Waals surface area contributed by atoms with Crippen molar-refractivity contribution in [1.29, 1.82) is 0 Å². The molecule has 2 aromatic heterocycles. The van der Waals surface area contributed by atoms with Gasteiger partial charge in [-0.3, -0.25) is 4.68 Å². The van der Waals surface area contributed by atoms with Gasteiger partial charge in [-0.05, 0) is 12.1 Å². The molecular formula is C14H14Cl2N6O. The Hall–Kier alpha value is -1.96. The molecule has 0 spiro atoms. The number of aliphatic hydroxyl groups is 1. The van der Waals surface area contributed by atoms with Crippen LogP contribution >= 0.6 is 23.2 Å². The van der Waals surface area contributed by atoms with Crippen molar-refractivity contribution < 1.29 is 5.11 Å². The van der Waals surface area contributed by atoms with E-state index in [9.17, 15) is 5.11 Å². The summed E-state index contributed by atoms with van der Waals surface area (Å²) in [5.41, 5.74) is -0.794. The molecule has 7 nitrogen and oxygen atoms in total. The second-order valence-electron chi connectivity index (χ2n) is 5.23. The first-order valence-electron chi connectivity index (χ1n) is 6.81. The van der Waals surface area contributed by atoms with Gasteiger partial charge >= 0.3 is 0 Å². The second kappa shape index (κ2) is 6.27. The molecule has 0 aliphatic carbocycles. The highest BCUT2D eigenvalue weighted by atomic mass is 35.5. The van der Waals surface area contributed by atoms with Crippen LogP contribution in [0.1, 0.15) is 11.4 Å². The molecule has 3 rings (SSSR count). The summed E-state index contributed by atoms with van der Waals surface area (Å²) in [6, 6.07) is 4.99. The quantitative estimate of drug-likeness (QED) is 0.757. The molecule has 0 aliphatic heterocycles. The van der Waals surface area contributed by atoms with Crippen LogP contribution in [0.4, 0.5) is 0 Å². The first-order chi connectivity index (χ1) is 11.0. The van der Waals surface area contributed by atoms with Gasteiger partial charge in [0.1, 0.15) is 30.4 Å². The highest BCUT2D eigenvalue weighted by Crippen LogP contribution is 2.34. The maximum Gasteiger partial charge on any atom is 0.138 e. The molecule has 0 saturated carbocycles. The molecule has 1 N–H and O–H groups in total. The Morgan fingerprint density at radius 2 is 2.04 bits per heavy atom. The number of hydrogen-bond acceptors (Lipinski definition) is 5. The van der Waals surface area contributed by atoms with Gasteiger partial charge in [-0.25, -0.2) is 14.6 Å². The lowest BCUT2D eigenvalue weighted by atomic mass is 9.89. The van der Waals surface area contributed by atoms with E-state index in [1.54, 1.807) is 34.6 Å². The predicted molar refractivity (Wildman–Crippen MR) is 85.1 cm³/mol. The van der Waals surface area contributed by atoms with Crippen LogP contribution in [-0.4, -0.2) is 34.6 Å². The third-order valence-electron chi connectivity index (χ3n) is 3.58. The number of hydrogen-bond donors (Lipinski definition) is 1. The van der Waals surface area contributed by atoms with Crippen LogP contribution in [0.5, 0.6) is 0 Å². The number of benzene rings is 1. The molecule has 1 unspecified atom stereocenters. The first-order valence-corrected chi connectivity index (χ1v) is 7.57. The minimum Gasteiger partial charge on any atom is -0.383 e. The molecule has 0 bridgehead atoms. The van der Waals surface area contributed by atoms with Crippen LogP contribution in [0.3, 0.4) is 0 Å². The Labute approximate surface area is 142 Å².